The summed E-state index contributed by atoms with van der Waals surface area (Å²) in [5.74, 6) is 0. The lowest BCUT2D eigenvalue weighted by atomic mass is 9.33. The van der Waals surface area contributed by atoms with Crippen molar-refractivity contribution in [2.75, 3.05) is 9.80 Å². The van der Waals surface area contributed by atoms with Gasteiger partial charge >= 0.3 is 0 Å². The predicted octanol–water partition coefficient (Wildman–Crippen LogP) is 15.5. The van der Waals surface area contributed by atoms with E-state index in [9.17, 15) is 5.48 Å². The Morgan fingerprint density at radius 1 is 0.314 bits per heavy atom. The maximum Gasteiger partial charge on any atom is 0.252 e. The number of aromatic nitrogens is 1. The number of anilines is 6. The molecule has 326 valence electrons. The first-order valence-corrected chi connectivity index (χ1v) is 23.6. The molecule has 0 amide bonds. The molecule has 0 fully saturated rings. The van der Waals surface area contributed by atoms with Crippen LogP contribution in [0, 0.1) is 0 Å². The van der Waals surface area contributed by atoms with Crippen molar-refractivity contribution in [2.45, 2.75) is 0 Å². The van der Waals surface area contributed by atoms with Crippen LogP contribution in [-0.4, -0.2) is 11.3 Å². The summed E-state index contributed by atoms with van der Waals surface area (Å²) in [6.45, 7) is -0.365. The summed E-state index contributed by atoms with van der Waals surface area (Å²) >= 11 is 0. The van der Waals surface area contributed by atoms with Crippen LogP contribution in [0.3, 0.4) is 0 Å². The fourth-order valence-corrected chi connectivity index (χ4v) is 11.0. The van der Waals surface area contributed by atoms with Crippen LogP contribution in [0.5, 0.6) is 0 Å². The Labute approximate surface area is 419 Å². The van der Waals surface area contributed by atoms with Gasteiger partial charge in [-0.3, -0.25) is 0 Å². The average Bonchev–Trinajstić information content (AvgIpc) is 4.06. The van der Waals surface area contributed by atoms with Crippen molar-refractivity contribution < 1.29 is 11.0 Å². The molecule has 70 heavy (non-hydrogen) atoms. The van der Waals surface area contributed by atoms with E-state index in [2.05, 4.69) is 143 Å². The van der Waals surface area contributed by atoms with Crippen LogP contribution in [0.4, 0.5) is 34.1 Å². The van der Waals surface area contributed by atoms with E-state index in [1.807, 2.05) is 84.9 Å². The first-order valence-electron chi connectivity index (χ1n) is 27.6. The summed E-state index contributed by atoms with van der Waals surface area (Å²) in [5, 5.41) is 0.0304. The molecular formula is C66H44BN3. The summed E-state index contributed by atoms with van der Waals surface area (Å²) in [5.41, 5.74) is 17.0. The van der Waals surface area contributed by atoms with Gasteiger partial charge < -0.3 is 14.4 Å². The molecule has 0 radical (unpaired) electrons. The van der Waals surface area contributed by atoms with E-state index >= 15 is 0 Å². The summed E-state index contributed by atoms with van der Waals surface area (Å²) in [6, 6.07) is 72.2. The lowest BCUT2D eigenvalue weighted by Crippen LogP contribution is -2.61. The molecule has 0 unspecified atom stereocenters. The van der Waals surface area contributed by atoms with E-state index < -0.39 is 24.2 Å². The minimum atomic E-state index is -0.493. The molecule has 0 saturated carbocycles. The average molecular weight is 898 g/mol. The Morgan fingerprint density at radius 2 is 0.757 bits per heavy atom. The molecular weight excluding hydrogens is 846 g/mol. The van der Waals surface area contributed by atoms with Gasteiger partial charge in [-0.2, -0.15) is 0 Å². The maximum atomic E-state index is 9.66. The van der Waals surface area contributed by atoms with Gasteiger partial charge in [0, 0.05) is 44.6 Å². The zero-order valence-corrected chi connectivity index (χ0v) is 37.7. The topological polar surface area (TPSA) is 11.4 Å². The lowest BCUT2D eigenvalue weighted by molar-refractivity contribution is 1.16. The van der Waals surface area contributed by atoms with Crippen LogP contribution in [0.2, 0.25) is 0 Å². The third-order valence-corrected chi connectivity index (χ3v) is 14.0. The van der Waals surface area contributed by atoms with Gasteiger partial charge in [-0.05, 0) is 98.3 Å². The number of para-hydroxylation sites is 4. The smallest absolute Gasteiger partial charge is 0.252 e. The van der Waals surface area contributed by atoms with E-state index in [0.29, 0.717) is 5.69 Å². The normalized spacial score (nSPS) is 14.1. The highest BCUT2D eigenvalue weighted by atomic mass is 15.2. The molecule has 0 atom stereocenters. The van der Waals surface area contributed by atoms with Crippen molar-refractivity contribution in [2.24, 2.45) is 0 Å². The summed E-state index contributed by atoms with van der Waals surface area (Å²) in [6.07, 6.45) is 0. The molecule has 3 heterocycles. The first kappa shape index (κ1) is 32.6. The number of benzene rings is 11. The van der Waals surface area contributed by atoms with Gasteiger partial charge in [-0.1, -0.05) is 218 Å². The van der Waals surface area contributed by atoms with Crippen LogP contribution in [0.25, 0.3) is 72.0 Å². The van der Waals surface area contributed by atoms with Crippen molar-refractivity contribution in [1.29, 1.82) is 0 Å². The molecule has 14 rings (SSSR count). The SMILES string of the molecule is [2H]c1c([2H])c([2H])c2c(c1[2H])c1c([2H])c([2H])c([2H])c([2H])c1n2-c1cc2c3c(c1)N(c1ccccc1-c1ccccc1)c1cc(-c4ccccc4)ccc1B3c1cc(-c3ccccc3)ccc1N2c1ccccc1-c1ccccc1. The number of rotatable bonds is 7. The number of hydrogen-bond acceptors (Lipinski definition) is 2. The van der Waals surface area contributed by atoms with Gasteiger partial charge in [0.15, 0.2) is 0 Å². The van der Waals surface area contributed by atoms with E-state index in [-0.39, 0.29) is 52.7 Å². The maximum absolute atomic E-state index is 9.66. The van der Waals surface area contributed by atoms with Crippen LogP contribution >= 0.6 is 0 Å². The standard InChI is InChI=1S/C66H44BN3/c1-5-21-45(22-6-1)49-38-40-62-57(41-49)67-56-39-37-50(46-23-7-2-8-24-46)42-63(56)70(59-34-18-14-30-53(59)48-27-11-4-12-28-48)65-44-51(68-60-35-19-15-31-54(60)55-32-16-20-36-61(55)68)43-64(66(65)67)69(62)58-33-17-13-29-52(58)47-25-9-3-10-26-47/h1-44H/i15D,16D,19D,20D,31D,32D,35D,36D. The molecule has 2 aliphatic heterocycles. The number of fused-ring (bicyclic) bond motifs is 7. The van der Waals surface area contributed by atoms with Gasteiger partial charge in [0.25, 0.3) is 6.71 Å². The largest absolute Gasteiger partial charge is 0.311 e. The van der Waals surface area contributed by atoms with Crippen LogP contribution < -0.4 is 26.2 Å². The molecule has 0 N–H and O–H groups in total. The van der Waals surface area contributed by atoms with Crippen LogP contribution in [0.1, 0.15) is 11.0 Å². The molecule has 0 saturated heterocycles. The van der Waals surface area contributed by atoms with Crippen molar-refractivity contribution in [1.82, 2.24) is 4.57 Å². The van der Waals surface area contributed by atoms with E-state index in [4.69, 9.17) is 5.48 Å². The highest BCUT2D eigenvalue weighted by Gasteiger charge is 2.45. The zero-order chi connectivity index (χ0) is 53.1. The lowest BCUT2D eigenvalue weighted by Gasteiger charge is -2.45. The molecule has 1 aromatic heterocycles. The van der Waals surface area contributed by atoms with Crippen molar-refractivity contribution in [3.63, 3.8) is 0 Å². The van der Waals surface area contributed by atoms with Gasteiger partial charge in [-0.15, -0.1) is 0 Å². The molecule has 11 aromatic carbocycles. The zero-order valence-electron chi connectivity index (χ0n) is 45.7. The Kier molecular flexibility index (Phi) is 7.58. The van der Waals surface area contributed by atoms with Crippen LogP contribution in [0.15, 0.2) is 267 Å². The summed E-state index contributed by atoms with van der Waals surface area (Å²) in [7, 11) is 0. The third kappa shape index (κ3) is 6.31. The molecule has 12 aromatic rings. The second-order valence-corrected chi connectivity index (χ2v) is 17.8. The summed E-state index contributed by atoms with van der Waals surface area (Å²) < 4.78 is 75.8. The summed E-state index contributed by atoms with van der Waals surface area (Å²) in [4.78, 5) is 4.64. The monoisotopic (exact) mass is 897 g/mol. The second kappa shape index (κ2) is 16.3. The van der Waals surface area contributed by atoms with Crippen molar-refractivity contribution in [3.05, 3.63) is 267 Å². The third-order valence-electron chi connectivity index (χ3n) is 14.0. The molecule has 4 heteroatoms. The molecule has 0 aliphatic carbocycles. The Hall–Kier alpha value is -9.12. The first-order chi connectivity index (χ1) is 38.1. The predicted molar refractivity (Wildman–Crippen MR) is 297 cm³/mol. The molecule has 0 spiro atoms. The number of nitrogens with zero attached hydrogens (tertiary/aromatic N) is 3. The Bertz CT molecular complexity index is 4360. The second-order valence-electron chi connectivity index (χ2n) is 17.8. The van der Waals surface area contributed by atoms with Gasteiger partial charge in [0.05, 0.1) is 39.1 Å². The van der Waals surface area contributed by atoms with E-state index in [1.54, 1.807) is 4.57 Å². The Morgan fingerprint density at radius 3 is 1.30 bits per heavy atom. The van der Waals surface area contributed by atoms with Gasteiger partial charge in [0.1, 0.15) is 0 Å². The quantitative estimate of drug-likeness (QED) is 0.148. The number of hydrogen-bond donors (Lipinski definition) is 0. The van der Waals surface area contributed by atoms with Crippen molar-refractivity contribution in [3.8, 4) is 50.2 Å². The molecule has 0 bridgehead atoms. The molecule has 2 aliphatic rings. The minimum absolute atomic E-state index is 0.0152. The van der Waals surface area contributed by atoms with E-state index in [0.717, 1.165) is 95.0 Å². The van der Waals surface area contributed by atoms with E-state index in [1.165, 1.54) is 0 Å². The minimum Gasteiger partial charge on any atom is -0.311 e. The van der Waals surface area contributed by atoms with Crippen LogP contribution in [-0.2, 0) is 0 Å². The fourth-order valence-electron chi connectivity index (χ4n) is 11.0. The highest BCUT2D eigenvalue weighted by molar-refractivity contribution is 7.00. The highest BCUT2D eigenvalue weighted by Crippen LogP contribution is 2.50. The Balaban J connectivity index is 1.19. The van der Waals surface area contributed by atoms with Gasteiger partial charge in [-0.25, -0.2) is 0 Å². The molecule has 3 nitrogen and oxygen atoms in total. The fraction of sp³-hybridized carbons (Fsp3) is 0. The van der Waals surface area contributed by atoms with Gasteiger partial charge in [0.2, 0.25) is 0 Å². The van der Waals surface area contributed by atoms with Crippen molar-refractivity contribution >= 4 is 79.0 Å².